The van der Waals surface area contributed by atoms with Gasteiger partial charge in [0.15, 0.2) is 0 Å². The van der Waals surface area contributed by atoms with Gasteiger partial charge < -0.3 is 20.1 Å². The van der Waals surface area contributed by atoms with Crippen molar-refractivity contribution in [2.24, 2.45) is 0 Å². The van der Waals surface area contributed by atoms with E-state index in [9.17, 15) is 4.79 Å². The Morgan fingerprint density at radius 2 is 1.81 bits per heavy atom. The molecule has 0 radical (unpaired) electrons. The second-order valence-electron chi connectivity index (χ2n) is 6.99. The Balaban J connectivity index is 1.49. The monoisotopic (exact) mass is 368 g/mol. The largest absolute Gasteiger partial charge is 0.494 e. The van der Waals surface area contributed by atoms with Crippen molar-refractivity contribution >= 4 is 6.09 Å². The van der Waals surface area contributed by atoms with E-state index in [1.54, 1.807) is 0 Å². The summed E-state index contributed by atoms with van der Waals surface area (Å²) in [6.45, 7) is 4.63. The molecule has 2 aromatic rings. The van der Waals surface area contributed by atoms with Crippen molar-refractivity contribution in [1.29, 1.82) is 0 Å². The predicted molar refractivity (Wildman–Crippen MR) is 107 cm³/mol. The van der Waals surface area contributed by atoms with E-state index in [0.717, 1.165) is 42.0 Å². The Hall–Kier alpha value is -2.53. The van der Waals surface area contributed by atoms with Crippen molar-refractivity contribution in [3.8, 4) is 16.9 Å². The molecule has 1 aliphatic rings. The zero-order chi connectivity index (χ0) is 18.9. The summed E-state index contributed by atoms with van der Waals surface area (Å²) in [6, 6.07) is 16.0. The molecule has 1 saturated heterocycles. The highest BCUT2D eigenvalue weighted by Gasteiger charge is 2.09. The molecule has 0 atom stereocenters. The fourth-order valence-electron chi connectivity index (χ4n) is 3.42. The lowest BCUT2D eigenvalue weighted by Gasteiger charge is -2.26. The number of carbonyl (C=O) groups is 1. The first-order valence-corrected chi connectivity index (χ1v) is 9.72. The first-order chi connectivity index (χ1) is 13.2. The van der Waals surface area contributed by atoms with Gasteiger partial charge in [0.05, 0.1) is 6.61 Å². The summed E-state index contributed by atoms with van der Waals surface area (Å²) >= 11 is 0. The topological polar surface area (TPSA) is 61.8 Å². The van der Waals surface area contributed by atoms with Crippen molar-refractivity contribution in [1.82, 2.24) is 10.2 Å². The van der Waals surface area contributed by atoms with Crippen LogP contribution in [0.2, 0.25) is 0 Å². The quantitative estimate of drug-likeness (QED) is 0.679. The number of nitrogens with zero attached hydrogens (tertiary/aromatic N) is 1. The van der Waals surface area contributed by atoms with E-state index >= 15 is 0 Å². The lowest BCUT2D eigenvalue weighted by atomic mass is 10.0. The molecule has 0 unspecified atom stereocenters. The Morgan fingerprint density at radius 1 is 1.04 bits per heavy atom. The Labute approximate surface area is 161 Å². The maximum atomic E-state index is 10.6. The summed E-state index contributed by atoms with van der Waals surface area (Å²) in [5, 5.41) is 11.0. The van der Waals surface area contributed by atoms with Gasteiger partial charge in [-0.25, -0.2) is 4.79 Å². The van der Waals surface area contributed by atoms with Crippen molar-refractivity contribution in [3.63, 3.8) is 0 Å². The zero-order valence-corrected chi connectivity index (χ0v) is 15.7. The van der Waals surface area contributed by atoms with E-state index in [1.807, 2.05) is 36.4 Å². The average Bonchev–Trinajstić information content (AvgIpc) is 2.71. The van der Waals surface area contributed by atoms with Crippen molar-refractivity contribution in [2.45, 2.75) is 32.2 Å². The van der Waals surface area contributed by atoms with E-state index in [2.05, 4.69) is 22.3 Å². The van der Waals surface area contributed by atoms with Crippen LogP contribution in [0.5, 0.6) is 5.75 Å². The highest BCUT2D eigenvalue weighted by Crippen LogP contribution is 2.24. The highest BCUT2D eigenvalue weighted by molar-refractivity contribution is 5.66. The minimum atomic E-state index is -1.01. The van der Waals surface area contributed by atoms with Crippen LogP contribution in [-0.4, -0.2) is 42.3 Å². The molecule has 1 fully saturated rings. The average molecular weight is 368 g/mol. The van der Waals surface area contributed by atoms with Crippen LogP contribution in [0.15, 0.2) is 48.5 Å². The molecule has 27 heavy (non-hydrogen) atoms. The second-order valence-corrected chi connectivity index (χ2v) is 6.99. The van der Waals surface area contributed by atoms with Crippen LogP contribution < -0.4 is 10.1 Å². The summed E-state index contributed by atoms with van der Waals surface area (Å²) in [7, 11) is 0. The van der Waals surface area contributed by atoms with Crippen molar-refractivity contribution in [3.05, 3.63) is 54.1 Å². The fourth-order valence-corrected chi connectivity index (χ4v) is 3.42. The standard InChI is InChI=1S/C22H28N2O3/c25-22(26)23-17-18-8-10-19(11-9-18)20-6-4-7-21(16-20)27-15-5-14-24-12-2-1-3-13-24/h4,6-11,16,23H,1-3,5,12-15,17H2,(H,25,26). The van der Waals surface area contributed by atoms with Gasteiger partial charge in [-0.3, -0.25) is 0 Å². The molecule has 0 spiro atoms. The van der Waals surface area contributed by atoms with Gasteiger partial charge in [0.2, 0.25) is 0 Å². The smallest absolute Gasteiger partial charge is 0.404 e. The first kappa shape index (κ1) is 19.2. The molecule has 1 amide bonds. The van der Waals surface area contributed by atoms with Crippen LogP contribution in [-0.2, 0) is 6.54 Å². The lowest BCUT2D eigenvalue weighted by Crippen LogP contribution is -2.31. The third kappa shape index (κ3) is 6.29. The lowest BCUT2D eigenvalue weighted by molar-refractivity contribution is 0.194. The van der Waals surface area contributed by atoms with Gasteiger partial charge >= 0.3 is 6.09 Å². The molecule has 5 nitrogen and oxygen atoms in total. The van der Waals surface area contributed by atoms with Crippen LogP contribution in [0.4, 0.5) is 4.79 Å². The molecule has 5 heteroatoms. The second kappa shape index (κ2) is 9.97. The SMILES string of the molecule is O=C(O)NCc1ccc(-c2cccc(OCCCN3CCCCC3)c2)cc1. The van der Waals surface area contributed by atoms with Crippen LogP contribution in [0.1, 0.15) is 31.2 Å². The highest BCUT2D eigenvalue weighted by atomic mass is 16.5. The van der Waals surface area contributed by atoms with E-state index < -0.39 is 6.09 Å². The van der Waals surface area contributed by atoms with Gasteiger partial charge in [-0.05, 0) is 61.2 Å². The number of amides is 1. The summed E-state index contributed by atoms with van der Waals surface area (Å²) in [5.41, 5.74) is 3.13. The molecule has 0 bridgehead atoms. The van der Waals surface area contributed by atoms with Gasteiger partial charge in [-0.2, -0.15) is 0 Å². The number of piperidine rings is 1. The first-order valence-electron chi connectivity index (χ1n) is 9.72. The molecule has 144 valence electrons. The number of rotatable bonds is 8. The van der Waals surface area contributed by atoms with Gasteiger partial charge in [-0.1, -0.05) is 42.8 Å². The number of nitrogens with one attached hydrogen (secondary N) is 1. The normalized spacial score (nSPS) is 14.7. The van der Waals surface area contributed by atoms with Gasteiger partial charge in [0.1, 0.15) is 5.75 Å². The van der Waals surface area contributed by atoms with Gasteiger partial charge in [0, 0.05) is 13.1 Å². The number of likely N-dealkylation sites (tertiary alicyclic amines) is 1. The maximum absolute atomic E-state index is 10.6. The van der Waals surface area contributed by atoms with E-state index in [4.69, 9.17) is 9.84 Å². The van der Waals surface area contributed by atoms with Gasteiger partial charge in [0.25, 0.3) is 0 Å². The van der Waals surface area contributed by atoms with E-state index in [-0.39, 0.29) is 0 Å². The van der Waals surface area contributed by atoms with Crippen LogP contribution >= 0.6 is 0 Å². The molecule has 2 N–H and O–H groups in total. The number of hydrogen-bond donors (Lipinski definition) is 2. The maximum Gasteiger partial charge on any atom is 0.404 e. The van der Waals surface area contributed by atoms with Crippen LogP contribution in [0.3, 0.4) is 0 Å². The molecule has 0 saturated carbocycles. The van der Waals surface area contributed by atoms with Crippen LogP contribution in [0.25, 0.3) is 11.1 Å². The third-order valence-electron chi connectivity index (χ3n) is 4.90. The summed E-state index contributed by atoms with van der Waals surface area (Å²) in [5.74, 6) is 0.891. The van der Waals surface area contributed by atoms with E-state index in [0.29, 0.717) is 6.54 Å². The third-order valence-corrected chi connectivity index (χ3v) is 4.90. The predicted octanol–water partition coefficient (Wildman–Crippen LogP) is 4.38. The van der Waals surface area contributed by atoms with Gasteiger partial charge in [-0.15, -0.1) is 0 Å². The summed E-state index contributed by atoms with van der Waals surface area (Å²) < 4.78 is 5.95. The zero-order valence-electron chi connectivity index (χ0n) is 15.7. The van der Waals surface area contributed by atoms with E-state index in [1.165, 1.54) is 32.4 Å². The molecule has 0 aromatic heterocycles. The summed E-state index contributed by atoms with van der Waals surface area (Å²) in [4.78, 5) is 13.1. The van der Waals surface area contributed by atoms with Crippen LogP contribution in [0, 0.1) is 0 Å². The fraction of sp³-hybridized carbons (Fsp3) is 0.409. The molecule has 1 aliphatic heterocycles. The molecule has 1 heterocycles. The molecule has 0 aliphatic carbocycles. The van der Waals surface area contributed by atoms with Crippen molar-refractivity contribution < 1.29 is 14.6 Å². The summed E-state index contributed by atoms with van der Waals surface area (Å²) in [6.07, 6.45) is 4.07. The Morgan fingerprint density at radius 3 is 2.56 bits per heavy atom. The Kier molecular flexibility index (Phi) is 7.11. The molecule has 2 aromatic carbocycles. The number of benzene rings is 2. The Bertz CT molecular complexity index is 725. The number of carboxylic acid groups (broad SMARTS) is 1. The molecule has 3 rings (SSSR count). The number of ether oxygens (including phenoxy) is 1. The minimum Gasteiger partial charge on any atom is -0.494 e. The number of hydrogen-bond acceptors (Lipinski definition) is 3. The van der Waals surface area contributed by atoms with Crippen molar-refractivity contribution in [2.75, 3.05) is 26.2 Å². The molecular formula is C22H28N2O3. The molecular weight excluding hydrogens is 340 g/mol. The minimum absolute atomic E-state index is 0.315.